The van der Waals surface area contributed by atoms with E-state index in [1.807, 2.05) is 56.3 Å². The highest BCUT2D eigenvalue weighted by atomic mass is 16.5. The summed E-state index contributed by atoms with van der Waals surface area (Å²) >= 11 is 0. The van der Waals surface area contributed by atoms with Gasteiger partial charge in [-0.2, -0.15) is 0 Å². The first-order chi connectivity index (χ1) is 12.8. The third kappa shape index (κ3) is 5.82. The number of aryl methyl sites for hydroxylation is 2. The van der Waals surface area contributed by atoms with Crippen molar-refractivity contribution in [2.45, 2.75) is 26.8 Å². The van der Waals surface area contributed by atoms with E-state index in [9.17, 15) is 9.59 Å². The zero-order valence-corrected chi connectivity index (χ0v) is 16.5. The number of anilines is 2. The van der Waals surface area contributed by atoms with Crippen LogP contribution in [0, 0.1) is 13.8 Å². The number of nitrogens with zero attached hydrogens (tertiary/aromatic N) is 1. The maximum Gasteiger partial charge on any atom is 0.241 e. The largest absolute Gasteiger partial charge is 0.495 e. The van der Waals surface area contributed by atoms with Crippen molar-refractivity contribution >= 4 is 23.2 Å². The Morgan fingerprint density at radius 3 is 2.30 bits per heavy atom. The molecular weight excluding hydrogens is 342 g/mol. The van der Waals surface area contributed by atoms with Crippen molar-refractivity contribution in [2.24, 2.45) is 0 Å². The van der Waals surface area contributed by atoms with Crippen LogP contribution in [0.3, 0.4) is 0 Å². The Bertz CT molecular complexity index is 803. The van der Waals surface area contributed by atoms with E-state index >= 15 is 0 Å². The van der Waals surface area contributed by atoms with Gasteiger partial charge in [-0.15, -0.1) is 0 Å². The van der Waals surface area contributed by atoms with Crippen molar-refractivity contribution in [1.29, 1.82) is 0 Å². The Kier molecular flexibility index (Phi) is 6.96. The lowest BCUT2D eigenvalue weighted by Gasteiger charge is -2.23. The molecule has 2 aromatic rings. The normalized spacial score (nSPS) is 11.8. The fourth-order valence-electron chi connectivity index (χ4n) is 2.56. The lowest BCUT2D eigenvalue weighted by Crippen LogP contribution is -2.43. The highest BCUT2D eigenvalue weighted by Gasteiger charge is 2.21. The maximum atomic E-state index is 12.6. The topological polar surface area (TPSA) is 70.7 Å². The van der Waals surface area contributed by atoms with Crippen LogP contribution >= 0.6 is 0 Å². The fourth-order valence-corrected chi connectivity index (χ4v) is 2.56. The van der Waals surface area contributed by atoms with E-state index in [0.29, 0.717) is 11.4 Å². The van der Waals surface area contributed by atoms with Crippen LogP contribution in [0.5, 0.6) is 5.75 Å². The molecule has 6 heteroatoms. The molecule has 0 unspecified atom stereocenters. The summed E-state index contributed by atoms with van der Waals surface area (Å²) in [4.78, 5) is 26.5. The first kappa shape index (κ1) is 20.5. The molecule has 0 fully saturated rings. The first-order valence-corrected chi connectivity index (χ1v) is 8.82. The minimum absolute atomic E-state index is 0.105. The minimum atomic E-state index is -0.487. The van der Waals surface area contributed by atoms with Crippen molar-refractivity contribution in [1.82, 2.24) is 4.90 Å². The van der Waals surface area contributed by atoms with Gasteiger partial charge in [-0.05, 0) is 57.6 Å². The van der Waals surface area contributed by atoms with Crippen molar-refractivity contribution in [2.75, 3.05) is 31.3 Å². The van der Waals surface area contributed by atoms with Gasteiger partial charge in [-0.3, -0.25) is 14.5 Å². The van der Waals surface area contributed by atoms with E-state index < -0.39 is 6.04 Å². The van der Waals surface area contributed by atoms with Crippen molar-refractivity contribution in [3.8, 4) is 5.75 Å². The Balaban J connectivity index is 1.94. The quantitative estimate of drug-likeness (QED) is 0.786. The van der Waals surface area contributed by atoms with Gasteiger partial charge in [0.2, 0.25) is 11.8 Å². The fraction of sp³-hybridized carbons (Fsp3) is 0.333. The van der Waals surface area contributed by atoms with Crippen LogP contribution in [-0.4, -0.2) is 43.5 Å². The Morgan fingerprint density at radius 1 is 1.04 bits per heavy atom. The molecule has 144 valence electrons. The van der Waals surface area contributed by atoms with Crippen LogP contribution in [-0.2, 0) is 9.59 Å². The van der Waals surface area contributed by atoms with Gasteiger partial charge in [-0.25, -0.2) is 0 Å². The second kappa shape index (κ2) is 9.19. The number of hydrogen-bond acceptors (Lipinski definition) is 4. The molecule has 0 aliphatic rings. The standard InChI is InChI=1S/C21H27N3O3/c1-14-6-9-17(10-7-14)22-20(25)13-24(4)16(3)21(26)23-18-12-15(2)8-11-19(18)27-5/h6-12,16H,13H2,1-5H3,(H,22,25)(H,23,26)/t16-/m0/s1. The van der Waals surface area contributed by atoms with E-state index in [-0.39, 0.29) is 18.4 Å². The van der Waals surface area contributed by atoms with Gasteiger partial charge in [0, 0.05) is 5.69 Å². The number of amides is 2. The third-order valence-electron chi connectivity index (χ3n) is 4.38. The summed E-state index contributed by atoms with van der Waals surface area (Å²) in [6.45, 7) is 5.80. The van der Waals surface area contributed by atoms with Gasteiger partial charge in [0.15, 0.2) is 0 Å². The van der Waals surface area contributed by atoms with Gasteiger partial charge in [0.1, 0.15) is 5.75 Å². The molecule has 2 amide bonds. The summed E-state index contributed by atoms with van der Waals surface area (Å²) in [7, 11) is 3.30. The average molecular weight is 369 g/mol. The summed E-state index contributed by atoms with van der Waals surface area (Å²) in [5.41, 5.74) is 3.50. The molecule has 0 bridgehead atoms. The zero-order valence-electron chi connectivity index (χ0n) is 16.5. The molecule has 0 aliphatic carbocycles. The number of rotatable bonds is 7. The molecule has 1 atom stereocenters. The minimum Gasteiger partial charge on any atom is -0.495 e. The summed E-state index contributed by atoms with van der Waals surface area (Å²) in [6, 6.07) is 12.7. The molecular formula is C21H27N3O3. The molecule has 0 spiro atoms. The molecule has 2 rings (SSSR count). The van der Waals surface area contributed by atoms with Gasteiger partial charge < -0.3 is 15.4 Å². The number of ether oxygens (including phenoxy) is 1. The molecule has 27 heavy (non-hydrogen) atoms. The zero-order chi connectivity index (χ0) is 20.0. The van der Waals surface area contributed by atoms with E-state index in [1.165, 1.54) is 0 Å². The molecule has 0 aliphatic heterocycles. The van der Waals surface area contributed by atoms with Crippen molar-refractivity contribution in [3.05, 3.63) is 53.6 Å². The average Bonchev–Trinajstić information content (AvgIpc) is 2.63. The molecule has 0 radical (unpaired) electrons. The predicted molar refractivity (Wildman–Crippen MR) is 108 cm³/mol. The Labute approximate surface area is 160 Å². The first-order valence-electron chi connectivity index (χ1n) is 8.82. The lowest BCUT2D eigenvalue weighted by atomic mass is 10.2. The Morgan fingerprint density at radius 2 is 1.67 bits per heavy atom. The SMILES string of the molecule is COc1ccc(C)cc1NC(=O)[C@H](C)N(C)CC(=O)Nc1ccc(C)cc1. The van der Waals surface area contributed by atoms with Crippen LogP contribution < -0.4 is 15.4 Å². The van der Waals surface area contributed by atoms with E-state index in [2.05, 4.69) is 10.6 Å². The van der Waals surface area contributed by atoms with Gasteiger partial charge in [0.25, 0.3) is 0 Å². The van der Waals surface area contributed by atoms with Gasteiger partial charge >= 0.3 is 0 Å². The van der Waals surface area contributed by atoms with Crippen LogP contribution in [0.2, 0.25) is 0 Å². The molecule has 0 aromatic heterocycles. The van der Waals surface area contributed by atoms with E-state index in [4.69, 9.17) is 4.74 Å². The Hall–Kier alpha value is -2.86. The van der Waals surface area contributed by atoms with Crippen molar-refractivity contribution in [3.63, 3.8) is 0 Å². The van der Waals surface area contributed by atoms with E-state index in [1.54, 1.807) is 26.0 Å². The summed E-state index contributed by atoms with van der Waals surface area (Å²) in [5.74, 6) is 0.222. The lowest BCUT2D eigenvalue weighted by molar-refractivity contribution is -0.122. The highest BCUT2D eigenvalue weighted by molar-refractivity contribution is 5.97. The predicted octanol–water partition coefficient (Wildman–Crippen LogP) is 3.21. The summed E-state index contributed by atoms with van der Waals surface area (Å²) < 4.78 is 5.29. The third-order valence-corrected chi connectivity index (χ3v) is 4.38. The van der Waals surface area contributed by atoms with E-state index in [0.717, 1.165) is 16.8 Å². The molecule has 6 nitrogen and oxygen atoms in total. The number of carbonyl (C=O) groups excluding carboxylic acids is 2. The van der Waals surface area contributed by atoms with Crippen molar-refractivity contribution < 1.29 is 14.3 Å². The molecule has 2 aromatic carbocycles. The monoisotopic (exact) mass is 369 g/mol. The van der Waals surface area contributed by atoms with Crippen LogP contribution in [0.1, 0.15) is 18.1 Å². The number of nitrogens with one attached hydrogen (secondary N) is 2. The smallest absolute Gasteiger partial charge is 0.241 e. The second-order valence-corrected chi connectivity index (χ2v) is 6.70. The molecule has 2 N–H and O–H groups in total. The molecule has 0 heterocycles. The summed E-state index contributed by atoms with van der Waals surface area (Å²) in [5, 5.41) is 5.71. The molecule has 0 saturated carbocycles. The van der Waals surface area contributed by atoms with Crippen LogP contribution in [0.25, 0.3) is 0 Å². The number of benzene rings is 2. The number of likely N-dealkylation sites (N-methyl/N-ethyl adjacent to an activating group) is 1. The van der Waals surface area contributed by atoms with Crippen LogP contribution in [0.15, 0.2) is 42.5 Å². The van der Waals surface area contributed by atoms with Gasteiger partial charge in [-0.1, -0.05) is 23.8 Å². The van der Waals surface area contributed by atoms with Gasteiger partial charge in [0.05, 0.1) is 25.4 Å². The number of methoxy groups -OCH3 is 1. The van der Waals surface area contributed by atoms with Crippen LogP contribution in [0.4, 0.5) is 11.4 Å². The maximum absolute atomic E-state index is 12.6. The second-order valence-electron chi connectivity index (χ2n) is 6.70. The number of carbonyl (C=O) groups is 2. The molecule has 0 saturated heterocycles. The summed E-state index contributed by atoms with van der Waals surface area (Å²) in [6.07, 6.45) is 0. The highest BCUT2D eigenvalue weighted by Crippen LogP contribution is 2.25. The number of hydrogen-bond donors (Lipinski definition) is 2.